The van der Waals surface area contributed by atoms with Crippen molar-refractivity contribution in [3.8, 4) is 33.2 Å². The number of aromatic nitrogens is 5. The third kappa shape index (κ3) is 3.21. The van der Waals surface area contributed by atoms with Gasteiger partial charge in [-0.25, -0.2) is 27.1 Å². The highest BCUT2D eigenvalue weighted by Gasteiger charge is 2.36. The Labute approximate surface area is 185 Å². The van der Waals surface area contributed by atoms with Gasteiger partial charge in [-0.3, -0.25) is 4.68 Å². The molecular formula is C21H14FN5O3S2. The first-order chi connectivity index (χ1) is 15.5. The number of furan rings is 1. The summed E-state index contributed by atoms with van der Waals surface area (Å²) in [6.45, 7) is 0. The van der Waals surface area contributed by atoms with Crippen LogP contribution in [-0.4, -0.2) is 44.0 Å². The predicted molar refractivity (Wildman–Crippen MR) is 117 cm³/mol. The number of benzene rings is 1. The summed E-state index contributed by atoms with van der Waals surface area (Å²) >= 11 is 1.31. The van der Waals surface area contributed by atoms with Gasteiger partial charge in [0.1, 0.15) is 23.6 Å². The summed E-state index contributed by atoms with van der Waals surface area (Å²) in [5, 5.41) is 5.36. The van der Waals surface area contributed by atoms with Gasteiger partial charge in [-0.05, 0) is 47.9 Å². The summed E-state index contributed by atoms with van der Waals surface area (Å²) in [6, 6.07) is 9.47. The van der Waals surface area contributed by atoms with Crippen molar-refractivity contribution in [2.45, 2.75) is 6.04 Å². The zero-order valence-electron chi connectivity index (χ0n) is 16.3. The molecule has 0 aliphatic carbocycles. The molecule has 0 spiro atoms. The highest BCUT2D eigenvalue weighted by Crippen LogP contribution is 2.38. The summed E-state index contributed by atoms with van der Waals surface area (Å²) in [4.78, 5) is 9.61. The molecule has 1 fully saturated rings. The van der Waals surface area contributed by atoms with Crippen LogP contribution in [0.15, 0.2) is 59.5 Å². The second kappa shape index (κ2) is 7.04. The minimum absolute atomic E-state index is 0.0391. The van der Waals surface area contributed by atoms with Gasteiger partial charge >= 0.3 is 0 Å². The van der Waals surface area contributed by atoms with E-state index in [0.717, 1.165) is 4.88 Å². The van der Waals surface area contributed by atoms with Crippen LogP contribution in [0.1, 0.15) is 6.04 Å². The largest absolute Gasteiger partial charge is 0.437 e. The maximum Gasteiger partial charge on any atom is 0.230 e. The predicted octanol–water partition coefficient (Wildman–Crippen LogP) is 3.99. The third-order valence-electron chi connectivity index (χ3n) is 5.38. The summed E-state index contributed by atoms with van der Waals surface area (Å²) in [5.74, 6) is 0.354. The molecule has 0 atom stereocenters. The van der Waals surface area contributed by atoms with Crippen LogP contribution < -0.4 is 0 Å². The van der Waals surface area contributed by atoms with Crippen LogP contribution in [0, 0.1) is 5.82 Å². The lowest BCUT2D eigenvalue weighted by molar-refractivity contribution is 0.474. The number of hydrogen-bond donors (Lipinski definition) is 0. The van der Waals surface area contributed by atoms with Gasteiger partial charge in [0, 0.05) is 23.5 Å². The van der Waals surface area contributed by atoms with Crippen LogP contribution in [-0.2, 0) is 9.84 Å². The van der Waals surface area contributed by atoms with Crippen molar-refractivity contribution >= 4 is 32.5 Å². The Balaban J connectivity index is 1.53. The minimum atomic E-state index is -3.03. The lowest BCUT2D eigenvalue weighted by Gasteiger charge is -2.25. The van der Waals surface area contributed by atoms with Gasteiger partial charge in [0.15, 0.2) is 9.84 Å². The van der Waals surface area contributed by atoms with Crippen molar-refractivity contribution in [2.75, 3.05) is 11.5 Å². The molecule has 0 saturated carbocycles. The van der Waals surface area contributed by atoms with E-state index in [2.05, 4.69) is 19.4 Å². The van der Waals surface area contributed by atoms with Gasteiger partial charge in [-0.2, -0.15) is 5.10 Å². The van der Waals surface area contributed by atoms with Gasteiger partial charge in [0.25, 0.3) is 0 Å². The number of sulfone groups is 1. The second-order valence-corrected chi connectivity index (χ2v) is 10.5. The van der Waals surface area contributed by atoms with E-state index in [1.54, 1.807) is 29.2 Å². The van der Waals surface area contributed by atoms with Crippen molar-refractivity contribution < 1.29 is 17.2 Å². The van der Waals surface area contributed by atoms with Gasteiger partial charge in [-0.1, -0.05) is 0 Å². The quantitative estimate of drug-likeness (QED) is 0.394. The summed E-state index contributed by atoms with van der Waals surface area (Å²) in [6.07, 6.45) is 4.90. The monoisotopic (exact) mass is 467 g/mol. The smallest absolute Gasteiger partial charge is 0.230 e. The number of rotatable bonds is 4. The average Bonchev–Trinajstić information content (AvgIpc) is 3.50. The van der Waals surface area contributed by atoms with E-state index in [1.807, 2.05) is 12.1 Å². The highest BCUT2D eigenvalue weighted by atomic mass is 32.2. The van der Waals surface area contributed by atoms with Crippen molar-refractivity contribution in [2.24, 2.45) is 0 Å². The standard InChI is InChI=1S/C21H14FN5O3S2/c22-13-3-1-12(2-4-13)19-16(8-27(26-19)14-9-32(28,29)10-14)20-15-7-17(18-5-6-25-31-18)30-21(15)24-11-23-20/h1-8,11,14H,9-10H2. The molecule has 6 rings (SSSR count). The number of nitrogens with zero attached hydrogens (tertiary/aromatic N) is 5. The molecule has 4 aromatic heterocycles. The SMILES string of the molecule is O=S1(=O)CC(n2cc(-c3ncnc4oc(-c5ccns5)cc34)c(-c3ccc(F)cc3)n2)C1. The summed E-state index contributed by atoms with van der Waals surface area (Å²) < 4.78 is 48.6. The van der Waals surface area contributed by atoms with Crippen LogP contribution >= 0.6 is 11.5 Å². The zero-order valence-corrected chi connectivity index (χ0v) is 18.0. The molecule has 160 valence electrons. The first-order valence-corrected chi connectivity index (χ1v) is 12.3. The molecule has 0 bridgehead atoms. The topological polar surface area (TPSA) is 104 Å². The molecule has 0 amide bonds. The molecular weight excluding hydrogens is 453 g/mol. The lowest BCUT2D eigenvalue weighted by atomic mass is 10.0. The number of halogens is 1. The van der Waals surface area contributed by atoms with E-state index >= 15 is 0 Å². The van der Waals surface area contributed by atoms with Crippen molar-refractivity contribution in [1.29, 1.82) is 0 Å². The van der Waals surface area contributed by atoms with Crippen molar-refractivity contribution in [1.82, 2.24) is 24.1 Å². The van der Waals surface area contributed by atoms with Crippen LogP contribution in [0.4, 0.5) is 4.39 Å². The Hall–Kier alpha value is -3.44. The Kier molecular flexibility index (Phi) is 4.24. The van der Waals surface area contributed by atoms with Crippen molar-refractivity contribution in [3.63, 3.8) is 0 Å². The first kappa shape index (κ1) is 19.3. The molecule has 1 aliphatic rings. The fraction of sp³-hybridized carbons (Fsp3) is 0.143. The molecule has 11 heteroatoms. The number of fused-ring (bicyclic) bond motifs is 1. The second-order valence-electron chi connectivity index (χ2n) is 7.54. The summed E-state index contributed by atoms with van der Waals surface area (Å²) in [5.41, 5.74) is 2.98. The molecule has 8 nitrogen and oxygen atoms in total. The molecule has 1 aliphatic heterocycles. The van der Waals surface area contributed by atoms with E-state index < -0.39 is 9.84 Å². The summed E-state index contributed by atoms with van der Waals surface area (Å²) in [7, 11) is -3.03. The van der Waals surface area contributed by atoms with E-state index in [4.69, 9.17) is 4.42 Å². The lowest BCUT2D eigenvalue weighted by Crippen LogP contribution is -2.38. The molecule has 0 N–H and O–H groups in total. The normalized spacial score (nSPS) is 15.8. The Morgan fingerprint density at radius 3 is 2.62 bits per heavy atom. The molecule has 0 unspecified atom stereocenters. The van der Waals surface area contributed by atoms with Gasteiger partial charge < -0.3 is 4.42 Å². The maximum atomic E-state index is 13.5. The first-order valence-electron chi connectivity index (χ1n) is 9.68. The zero-order chi connectivity index (χ0) is 21.9. The van der Waals surface area contributed by atoms with Gasteiger partial charge in [0.05, 0.1) is 33.5 Å². The fourth-order valence-corrected chi connectivity index (χ4v) is 5.73. The van der Waals surface area contributed by atoms with Gasteiger partial charge in [0.2, 0.25) is 5.71 Å². The Morgan fingerprint density at radius 1 is 1.09 bits per heavy atom. The number of hydrogen-bond acceptors (Lipinski definition) is 8. The van der Waals surface area contributed by atoms with E-state index in [0.29, 0.717) is 39.4 Å². The molecule has 1 aromatic carbocycles. The van der Waals surface area contributed by atoms with Crippen LogP contribution in [0.2, 0.25) is 0 Å². The van der Waals surface area contributed by atoms with E-state index in [1.165, 1.54) is 30.0 Å². The minimum Gasteiger partial charge on any atom is -0.437 e. The van der Waals surface area contributed by atoms with E-state index in [-0.39, 0.29) is 23.4 Å². The molecule has 5 heterocycles. The fourth-order valence-electron chi connectivity index (χ4n) is 3.80. The van der Waals surface area contributed by atoms with Crippen LogP contribution in [0.5, 0.6) is 0 Å². The maximum absolute atomic E-state index is 13.5. The Morgan fingerprint density at radius 2 is 1.91 bits per heavy atom. The van der Waals surface area contributed by atoms with Gasteiger partial charge in [-0.15, -0.1) is 0 Å². The molecule has 1 saturated heterocycles. The molecule has 32 heavy (non-hydrogen) atoms. The third-order valence-corrected chi connectivity index (χ3v) is 7.93. The molecule has 5 aromatic rings. The highest BCUT2D eigenvalue weighted by molar-refractivity contribution is 7.92. The Bertz CT molecular complexity index is 1550. The van der Waals surface area contributed by atoms with E-state index in [9.17, 15) is 12.8 Å². The van der Waals surface area contributed by atoms with Crippen LogP contribution in [0.3, 0.4) is 0 Å². The van der Waals surface area contributed by atoms with Crippen molar-refractivity contribution in [3.05, 3.63) is 60.9 Å². The molecule has 0 radical (unpaired) electrons. The van der Waals surface area contributed by atoms with Crippen LogP contribution in [0.25, 0.3) is 44.3 Å². The average molecular weight is 468 g/mol.